The molecule has 0 spiro atoms. The molecule has 1 heterocycles. The molecule has 1 aliphatic heterocycles. The van der Waals surface area contributed by atoms with Crippen molar-refractivity contribution in [2.75, 3.05) is 62.8 Å². The van der Waals surface area contributed by atoms with Crippen molar-refractivity contribution in [1.82, 2.24) is 5.32 Å². The summed E-state index contributed by atoms with van der Waals surface area (Å²) in [6, 6.07) is 5.07. The summed E-state index contributed by atoms with van der Waals surface area (Å²) in [5.74, 6) is 0. The summed E-state index contributed by atoms with van der Waals surface area (Å²) in [6.45, 7) is 4.54. The Kier molecular flexibility index (Phi) is 8.64. The molecule has 9 heteroatoms. The molecule has 0 bridgehead atoms. The van der Waals surface area contributed by atoms with Gasteiger partial charge in [-0.1, -0.05) is 0 Å². The Bertz CT molecular complexity index is 498. The molecule has 1 fully saturated rings. The third-order valence-corrected chi connectivity index (χ3v) is 3.44. The summed E-state index contributed by atoms with van der Waals surface area (Å²) < 4.78 is 5.30. The van der Waals surface area contributed by atoms with Crippen molar-refractivity contribution in [3.8, 4) is 0 Å². The van der Waals surface area contributed by atoms with E-state index in [1.807, 2.05) is 11.0 Å². The van der Waals surface area contributed by atoms with Crippen LogP contribution in [0.15, 0.2) is 18.2 Å². The Balaban J connectivity index is 0.00000264. The smallest absolute Gasteiger partial charge is 0.292 e. The van der Waals surface area contributed by atoms with E-state index in [1.54, 1.807) is 6.07 Å². The summed E-state index contributed by atoms with van der Waals surface area (Å²) in [6.07, 6.45) is 0. The van der Waals surface area contributed by atoms with E-state index >= 15 is 0 Å². The van der Waals surface area contributed by atoms with E-state index in [0.29, 0.717) is 51.6 Å². The van der Waals surface area contributed by atoms with Crippen LogP contribution in [0.1, 0.15) is 0 Å². The van der Waals surface area contributed by atoms with Crippen LogP contribution in [-0.4, -0.2) is 62.6 Å². The van der Waals surface area contributed by atoms with Crippen LogP contribution in [0.2, 0.25) is 0 Å². The fourth-order valence-electron chi connectivity index (χ4n) is 2.34. The van der Waals surface area contributed by atoms with Crippen LogP contribution in [-0.2, 0) is 4.74 Å². The van der Waals surface area contributed by atoms with Gasteiger partial charge in [-0.3, -0.25) is 10.1 Å². The van der Waals surface area contributed by atoms with Gasteiger partial charge >= 0.3 is 0 Å². The Labute approximate surface area is 141 Å². The standard InChI is InChI=1S/C14H22N4O4.ClH/c19-8-5-15-3-4-16-12-1-2-13(18(20)21)14(11-12)17-6-9-22-10-7-17;/h1-2,11,15-16,19H,3-10H2;1H. The molecule has 0 aromatic heterocycles. The van der Waals surface area contributed by atoms with Crippen molar-refractivity contribution >= 4 is 29.5 Å². The lowest BCUT2D eigenvalue weighted by molar-refractivity contribution is -0.384. The number of nitrogens with one attached hydrogen (secondary N) is 2. The monoisotopic (exact) mass is 346 g/mol. The van der Waals surface area contributed by atoms with E-state index in [1.165, 1.54) is 6.07 Å². The minimum absolute atomic E-state index is 0. The fraction of sp³-hybridized carbons (Fsp3) is 0.571. The Hall–Kier alpha value is -1.61. The number of nitro groups is 1. The van der Waals surface area contributed by atoms with Gasteiger partial charge in [0, 0.05) is 44.5 Å². The Morgan fingerprint density at radius 2 is 2.00 bits per heavy atom. The topological polar surface area (TPSA) is 99.9 Å². The van der Waals surface area contributed by atoms with Crippen LogP contribution < -0.4 is 15.5 Å². The molecule has 0 aliphatic carbocycles. The van der Waals surface area contributed by atoms with Gasteiger partial charge in [-0.15, -0.1) is 12.4 Å². The van der Waals surface area contributed by atoms with E-state index in [-0.39, 0.29) is 29.6 Å². The SMILES string of the molecule is Cl.O=[N+]([O-])c1ccc(NCCNCCO)cc1N1CCOCC1. The average molecular weight is 347 g/mol. The first-order valence-electron chi connectivity index (χ1n) is 7.39. The second-order valence-corrected chi connectivity index (χ2v) is 4.96. The lowest BCUT2D eigenvalue weighted by Gasteiger charge is -2.28. The van der Waals surface area contributed by atoms with Gasteiger partial charge in [0.05, 0.1) is 24.7 Å². The van der Waals surface area contributed by atoms with Crippen LogP contribution in [0.4, 0.5) is 17.1 Å². The summed E-state index contributed by atoms with van der Waals surface area (Å²) in [5, 5.41) is 26.2. The quantitative estimate of drug-likeness (QED) is 0.364. The zero-order valence-corrected chi connectivity index (χ0v) is 13.7. The number of aliphatic hydroxyl groups excluding tert-OH is 1. The van der Waals surface area contributed by atoms with E-state index < -0.39 is 0 Å². The van der Waals surface area contributed by atoms with E-state index in [0.717, 1.165) is 5.69 Å². The van der Waals surface area contributed by atoms with Gasteiger partial charge in [-0.25, -0.2) is 0 Å². The molecule has 130 valence electrons. The van der Waals surface area contributed by atoms with Crippen molar-refractivity contribution in [3.05, 3.63) is 28.3 Å². The Morgan fingerprint density at radius 3 is 2.65 bits per heavy atom. The molecule has 1 aliphatic rings. The molecule has 0 saturated carbocycles. The zero-order valence-electron chi connectivity index (χ0n) is 12.9. The second kappa shape index (κ2) is 10.2. The maximum absolute atomic E-state index is 11.2. The lowest BCUT2D eigenvalue weighted by Crippen LogP contribution is -2.36. The first kappa shape index (κ1) is 19.4. The number of hydrogen-bond acceptors (Lipinski definition) is 7. The maximum atomic E-state index is 11.2. The van der Waals surface area contributed by atoms with E-state index in [2.05, 4.69) is 10.6 Å². The number of rotatable bonds is 8. The summed E-state index contributed by atoms with van der Waals surface area (Å²) in [7, 11) is 0. The predicted octanol–water partition coefficient (Wildman–Crippen LogP) is 0.847. The van der Waals surface area contributed by atoms with Crippen LogP contribution >= 0.6 is 12.4 Å². The van der Waals surface area contributed by atoms with Gasteiger partial charge in [0.15, 0.2) is 0 Å². The van der Waals surface area contributed by atoms with Gasteiger partial charge in [0.2, 0.25) is 0 Å². The molecule has 23 heavy (non-hydrogen) atoms. The highest BCUT2D eigenvalue weighted by atomic mass is 35.5. The van der Waals surface area contributed by atoms with Crippen molar-refractivity contribution in [3.63, 3.8) is 0 Å². The van der Waals surface area contributed by atoms with Crippen LogP contribution in [0.5, 0.6) is 0 Å². The van der Waals surface area contributed by atoms with Gasteiger partial charge in [0.1, 0.15) is 5.69 Å². The molecule has 3 N–H and O–H groups in total. The van der Waals surface area contributed by atoms with Crippen molar-refractivity contribution in [1.29, 1.82) is 0 Å². The molecular formula is C14H23ClN4O4. The lowest BCUT2D eigenvalue weighted by atomic mass is 10.2. The third-order valence-electron chi connectivity index (χ3n) is 3.44. The van der Waals surface area contributed by atoms with Crippen LogP contribution in [0, 0.1) is 10.1 Å². The summed E-state index contributed by atoms with van der Waals surface area (Å²) >= 11 is 0. The van der Waals surface area contributed by atoms with Crippen LogP contribution in [0.3, 0.4) is 0 Å². The highest BCUT2D eigenvalue weighted by molar-refractivity contribution is 5.85. The number of nitrogens with zero attached hydrogens (tertiary/aromatic N) is 2. The van der Waals surface area contributed by atoms with E-state index in [4.69, 9.17) is 9.84 Å². The summed E-state index contributed by atoms with van der Waals surface area (Å²) in [5.41, 5.74) is 1.59. The molecule has 0 radical (unpaired) electrons. The fourth-order valence-corrected chi connectivity index (χ4v) is 2.34. The van der Waals surface area contributed by atoms with Gasteiger partial charge < -0.3 is 25.4 Å². The highest BCUT2D eigenvalue weighted by Crippen LogP contribution is 2.31. The molecule has 1 aromatic carbocycles. The number of anilines is 2. The Morgan fingerprint density at radius 1 is 1.26 bits per heavy atom. The molecule has 2 rings (SSSR count). The number of ether oxygens (including phenoxy) is 1. The molecule has 1 saturated heterocycles. The molecular weight excluding hydrogens is 324 g/mol. The van der Waals surface area contributed by atoms with Crippen molar-refractivity contribution in [2.45, 2.75) is 0 Å². The minimum Gasteiger partial charge on any atom is -0.395 e. The average Bonchev–Trinajstić information content (AvgIpc) is 2.55. The van der Waals surface area contributed by atoms with E-state index in [9.17, 15) is 10.1 Å². The van der Waals surface area contributed by atoms with Crippen LogP contribution in [0.25, 0.3) is 0 Å². The van der Waals surface area contributed by atoms with Crippen molar-refractivity contribution in [2.24, 2.45) is 0 Å². The highest BCUT2D eigenvalue weighted by Gasteiger charge is 2.21. The first-order chi connectivity index (χ1) is 10.7. The number of aliphatic hydroxyl groups is 1. The number of morpholine rings is 1. The zero-order chi connectivity index (χ0) is 15.8. The van der Waals surface area contributed by atoms with Gasteiger partial charge in [-0.05, 0) is 12.1 Å². The maximum Gasteiger partial charge on any atom is 0.292 e. The first-order valence-corrected chi connectivity index (χ1v) is 7.39. The molecule has 0 amide bonds. The van der Waals surface area contributed by atoms with Gasteiger partial charge in [0.25, 0.3) is 5.69 Å². The molecule has 0 atom stereocenters. The number of halogens is 1. The third kappa shape index (κ3) is 5.83. The van der Waals surface area contributed by atoms with Gasteiger partial charge in [-0.2, -0.15) is 0 Å². The molecule has 8 nitrogen and oxygen atoms in total. The number of nitro benzene ring substituents is 1. The summed E-state index contributed by atoms with van der Waals surface area (Å²) in [4.78, 5) is 12.8. The largest absolute Gasteiger partial charge is 0.395 e. The number of benzene rings is 1. The molecule has 0 unspecified atom stereocenters. The molecule has 1 aromatic rings. The minimum atomic E-state index is -0.350. The van der Waals surface area contributed by atoms with Crippen molar-refractivity contribution < 1.29 is 14.8 Å². The predicted molar refractivity (Wildman–Crippen MR) is 91.8 cm³/mol. The number of hydrogen-bond donors (Lipinski definition) is 3. The second-order valence-electron chi connectivity index (χ2n) is 4.96. The normalized spacial score (nSPS) is 14.2.